The van der Waals surface area contributed by atoms with E-state index >= 15 is 0 Å². The number of rotatable bonds is 9. The van der Waals surface area contributed by atoms with Gasteiger partial charge in [-0.05, 0) is 57.4 Å². The molecule has 0 aliphatic heterocycles. The van der Waals surface area contributed by atoms with Gasteiger partial charge >= 0.3 is 11.9 Å². The van der Waals surface area contributed by atoms with Crippen molar-refractivity contribution in [3.63, 3.8) is 0 Å². The first kappa shape index (κ1) is 25.5. The van der Waals surface area contributed by atoms with Gasteiger partial charge in [-0.15, -0.1) is 0 Å². The molecule has 4 aromatic rings. The molecule has 0 saturated carbocycles. The number of hydrogen-bond acceptors (Lipinski definition) is 8. The van der Waals surface area contributed by atoms with Crippen LogP contribution >= 0.6 is 0 Å². The number of benzene rings is 3. The minimum absolute atomic E-state index is 0.199. The SMILES string of the molecule is CCOC(=O)c1c(-c2ccccc2)oc2ccc(OC(=O)COc3ccc(C#N)cc3)c(CN(C)C)c12. The molecule has 0 radical (unpaired) electrons. The van der Waals surface area contributed by atoms with E-state index in [1.165, 1.54) is 0 Å². The topological polar surface area (TPSA) is 102 Å². The third kappa shape index (κ3) is 5.80. The zero-order valence-corrected chi connectivity index (χ0v) is 20.8. The first-order valence-electron chi connectivity index (χ1n) is 11.7. The lowest BCUT2D eigenvalue weighted by atomic mass is 10.0. The maximum atomic E-state index is 13.1. The number of carbonyl (C=O) groups excluding carboxylic acids is 2. The molecule has 0 N–H and O–H groups in total. The van der Waals surface area contributed by atoms with Gasteiger partial charge in [0.05, 0.1) is 18.2 Å². The van der Waals surface area contributed by atoms with Crippen LogP contribution in [0.2, 0.25) is 0 Å². The molecule has 0 bridgehead atoms. The van der Waals surface area contributed by atoms with Crippen molar-refractivity contribution < 1.29 is 28.2 Å². The average Bonchev–Trinajstić information content (AvgIpc) is 3.30. The van der Waals surface area contributed by atoms with Crippen LogP contribution in [0.3, 0.4) is 0 Å². The van der Waals surface area contributed by atoms with Gasteiger partial charge in [-0.25, -0.2) is 9.59 Å². The Morgan fingerprint density at radius 2 is 1.73 bits per heavy atom. The lowest BCUT2D eigenvalue weighted by Crippen LogP contribution is -2.20. The molecule has 37 heavy (non-hydrogen) atoms. The molecular formula is C29H26N2O6. The average molecular weight is 499 g/mol. The fourth-order valence-electron chi connectivity index (χ4n) is 3.92. The summed E-state index contributed by atoms with van der Waals surface area (Å²) in [6.45, 7) is 1.97. The third-order valence-electron chi connectivity index (χ3n) is 5.47. The quantitative estimate of drug-likeness (QED) is 0.229. The summed E-state index contributed by atoms with van der Waals surface area (Å²) < 4.78 is 22.7. The Morgan fingerprint density at radius 1 is 1.00 bits per heavy atom. The van der Waals surface area contributed by atoms with E-state index < -0.39 is 11.9 Å². The fraction of sp³-hybridized carbons (Fsp3) is 0.207. The molecule has 4 rings (SSSR count). The van der Waals surface area contributed by atoms with Crippen molar-refractivity contribution in [3.05, 3.63) is 83.4 Å². The van der Waals surface area contributed by atoms with Crippen molar-refractivity contribution in [2.45, 2.75) is 13.5 Å². The Labute approximate surface area is 214 Å². The van der Waals surface area contributed by atoms with Gasteiger partial charge in [0.15, 0.2) is 6.61 Å². The van der Waals surface area contributed by atoms with Crippen molar-refractivity contribution in [2.24, 2.45) is 0 Å². The molecule has 0 saturated heterocycles. The van der Waals surface area contributed by atoms with E-state index in [1.807, 2.05) is 55.4 Å². The number of fused-ring (bicyclic) bond motifs is 1. The zero-order valence-electron chi connectivity index (χ0n) is 20.8. The van der Waals surface area contributed by atoms with Gasteiger partial charge < -0.3 is 23.5 Å². The minimum atomic E-state index is -0.617. The third-order valence-corrected chi connectivity index (χ3v) is 5.47. The number of furan rings is 1. The molecule has 8 heteroatoms. The maximum absolute atomic E-state index is 13.1. The van der Waals surface area contributed by atoms with Gasteiger partial charge in [0, 0.05) is 23.1 Å². The van der Waals surface area contributed by atoms with E-state index in [4.69, 9.17) is 23.9 Å². The second-order valence-corrected chi connectivity index (χ2v) is 8.44. The second kappa shape index (κ2) is 11.4. The van der Waals surface area contributed by atoms with Crippen molar-refractivity contribution in [3.8, 4) is 28.9 Å². The Hall–Kier alpha value is -4.61. The highest BCUT2D eigenvalue weighted by atomic mass is 16.6. The second-order valence-electron chi connectivity index (χ2n) is 8.44. The number of carbonyl (C=O) groups is 2. The summed E-state index contributed by atoms with van der Waals surface area (Å²) in [4.78, 5) is 27.8. The number of nitrogens with zero attached hydrogens (tertiary/aromatic N) is 2. The Bertz CT molecular complexity index is 1450. The van der Waals surface area contributed by atoms with Crippen molar-refractivity contribution >= 4 is 22.9 Å². The predicted molar refractivity (Wildman–Crippen MR) is 137 cm³/mol. The van der Waals surface area contributed by atoms with Gasteiger partial charge in [0.25, 0.3) is 0 Å². The van der Waals surface area contributed by atoms with Crippen molar-refractivity contribution in [1.82, 2.24) is 4.90 Å². The van der Waals surface area contributed by atoms with E-state index in [0.29, 0.717) is 45.9 Å². The van der Waals surface area contributed by atoms with E-state index in [2.05, 4.69) is 0 Å². The first-order chi connectivity index (χ1) is 17.9. The molecule has 0 amide bonds. The Kier molecular flexibility index (Phi) is 7.86. The molecule has 0 fully saturated rings. The van der Waals surface area contributed by atoms with Crippen LogP contribution < -0.4 is 9.47 Å². The molecule has 0 aliphatic rings. The van der Waals surface area contributed by atoms with E-state index in [1.54, 1.807) is 43.3 Å². The maximum Gasteiger partial charge on any atom is 0.349 e. The molecule has 1 aromatic heterocycles. The molecule has 188 valence electrons. The summed E-state index contributed by atoms with van der Waals surface area (Å²) in [5.41, 5.74) is 2.60. The number of ether oxygens (including phenoxy) is 3. The number of hydrogen-bond donors (Lipinski definition) is 0. The fourth-order valence-corrected chi connectivity index (χ4v) is 3.92. The molecule has 1 heterocycles. The van der Waals surface area contributed by atoms with Crippen LogP contribution in [0.25, 0.3) is 22.3 Å². The lowest BCUT2D eigenvalue weighted by molar-refractivity contribution is -0.136. The van der Waals surface area contributed by atoms with Crippen LogP contribution in [-0.4, -0.2) is 44.1 Å². The summed E-state index contributed by atoms with van der Waals surface area (Å²) in [5.74, 6) is -0.0185. The molecule has 0 atom stereocenters. The summed E-state index contributed by atoms with van der Waals surface area (Å²) >= 11 is 0. The Morgan fingerprint density at radius 3 is 2.38 bits per heavy atom. The van der Waals surface area contributed by atoms with E-state index in [9.17, 15) is 9.59 Å². The number of esters is 2. The molecule has 3 aromatic carbocycles. The normalized spacial score (nSPS) is 10.8. The minimum Gasteiger partial charge on any atom is -0.482 e. The summed E-state index contributed by atoms with van der Waals surface area (Å²) in [5, 5.41) is 9.45. The monoisotopic (exact) mass is 498 g/mol. The highest BCUT2D eigenvalue weighted by Crippen LogP contribution is 2.40. The molecule has 0 aliphatic carbocycles. The molecule has 0 spiro atoms. The van der Waals surface area contributed by atoms with Crippen LogP contribution in [0, 0.1) is 11.3 Å². The predicted octanol–water partition coefficient (Wildman–Crippen LogP) is 5.19. The van der Waals surface area contributed by atoms with Crippen LogP contribution in [0.15, 0.2) is 71.1 Å². The lowest BCUT2D eigenvalue weighted by Gasteiger charge is -2.16. The van der Waals surface area contributed by atoms with Crippen LogP contribution in [0.4, 0.5) is 0 Å². The summed E-state index contributed by atoms with van der Waals surface area (Å²) in [7, 11) is 3.75. The summed E-state index contributed by atoms with van der Waals surface area (Å²) in [6.07, 6.45) is 0. The zero-order chi connectivity index (χ0) is 26.4. The Balaban J connectivity index is 1.72. The van der Waals surface area contributed by atoms with Gasteiger partial charge in [0.1, 0.15) is 28.4 Å². The van der Waals surface area contributed by atoms with Crippen LogP contribution in [-0.2, 0) is 16.1 Å². The highest BCUT2D eigenvalue weighted by Gasteiger charge is 2.28. The molecular weight excluding hydrogens is 472 g/mol. The van der Waals surface area contributed by atoms with Gasteiger partial charge in [-0.2, -0.15) is 5.26 Å². The van der Waals surface area contributed by atoms with Gasteiger partial charge in [-0.1, -0.05) is 30.3 Å². The van der Waals surface area contributed by atoms with Gasteiger partial charge in [-0.3, -0.25) is 0 Å². The summed E-state index contributed by atoms with van der Waals surface area (Å²) in [6, 6.07) is 21.1. The molecule has 8 nitrogen and oxygen atoms in total. The molecule has 0 unspecified atom stereocenters. The van der Waals surface area contributed by atoms with Crippen molar-refractivity contribution in [2.75, 3.05) is 27.3 Å². The smallest absolute Gasteiger partial charge is 0.349 e. The van der Waals surface area contributed by atoms with E-state index in [-0.39, 0.29) is 18.8 Å². The van der Waals surface area contributed by atoms with Gasteiger partial charge in [0.2, 0.25) is 0 Å². The van der Waals surface area contributed by atoms with Crippen LogP contribution in [0.5, 0.6) is 11.5 Å². The number of nitriles is 1. The first-order valence-corrected chi connectivity index (χ1v) is 11.7. The van der Waals surface area contributed by atoms with Crippen LogP contribution in [0.1, 0.15) is 28.4 Å². The standard InChI is InChI=1S/C29H26N2O6/c1-4-34-29(33)27-26-22(17-31(2)3)23(14-15-24(26)37-28(27)20-8-6-5-7-9-20)36-25(32)18-35-21-12-10-19(16-30)11-13-21/h5-15H,4,17-18H2,1-3H3. The van der Waals surface area contributed by atoms with Crippen molar-refractivity contribution in [1.29, 1.82) is 5.26 Å². The van der Waals surface area contributed by atoms with E-state index in [0.717, 1.165) is 5.56 Å². The largest absolute Gasteiger partial charge is 0.482 e. The highest BCUT2D eigenvalue weighted by molar-refractivity contribution is 6.10.